The Morgan fingerprint density at radius 2 is 1.74 bits per heavy atom. The summed E-state index contributed by atoms with van der Waals surface area (Å²) >= 11 is 0. The highest BCUT2D eigenvalue weighted by molar-refractivity contribution is 5.86. The third-order valence-corrected chi connectivity index (χ3v) is 5.24. The number of nitrogens with zero attached hydrogens (tertiary/aromatic N) is 2. The minimum atomic E-state index is -0.968. The SMILES string of the molecule is C[C@@H]1CN(C(=O)O)CCN1C(=O)C(NC(=O)OC(C)(C)C)C1CCCCC1. The Kier molecular flexibility index (Phi) is 6.95. The Bertz CT molecular complexity index is 554. The van der Waals surface area contributed by atoms with Crippen LogP contribution in [0.1, 0.15) is 59.8 Å². The number of piperazine rings is 1. The number of hydrogen-bond donors (Lipinski definition) is 2. The van der Waals surface area contributed by atoms with E-state index in [2.05, 4.69) is 5.32 Å². The number of nitrogens with one attached hydrogen (secondary N) is 1. The van der Waals surface area contributed by atoms with Gasteiger partial charge in [-0.2, -0.15) is 0 Å². The number of carbonyl (C=O) groups is 3. The second-order valence-electron chi connectivity index (χ2n) is 8.63. The summed E-state index contributed by atoms with van der Waals surface area (Å²) in [6.45, 7) is 8.12. The number of rotatable bonds is 3. The molecule has 2 aliphatic rings. The highest BCUT2D eigenvalue weighted by atomic mass is 16.6. The van der Waals surface area contributed by atoms with E-state index in [1.54, 1.807) is 25.7 Å². The van der Waals surface area contributed by atoms with Crippen molar-refractivity contribution in [2.75, 3.05) is 19.6 Å². The summed E-state index contributed by atoms with van der Waals surface area (Å²) in [5.74, 6) is -0.0474. The number of amides is 3. The van der Waals surface area contributed by atoms with Crippen molar-refractivity contribution in [3.8, 4) is 0 Å². The zero-order chi connectivity index (χ0) is 20.2. The van der Waals surface area contributed by atoms with Gasteiger partial charge in [-0.25, -0.2) is 9.59 Å². The topological polar surface area (TPSA) is 99.2 Å². The molecule has 2 N–H and O–H groups in total. The van der Waals surface area contributed by atoms with Gasteiger partial charge in [0.2, 0.25) is 5.91 Å². The van der Waals surface area contributed by atoms with Crippen LogP contribution in [0, 0.1) is 5.92 Å². The average Bonchev–Trinajstić information content (AvgIpc) is 2.58. The Labute approximate surface area is 161 Å². The zero-order valence-corrected chi connectivity index (χ0v) is 16.9. The molecule has 0 aromatic carbocycles. The van der Waals surface area contributed by atoms with Crippen LogP contribution in [-0.4, -0.2) is 70.3 Å². The molecule has 0 radical (unpaired) electrons. The molecule has 2 atom stereocenters. The number of carbonyl (C=O) groups excluding carboxylic acids is 2. The van der Waals surface area contributed by atoms with Crippen molar-refractivity contribution >= 4 is 18.1 Å². The molecule has 1 saturated carbocycles. The van der Waals surface area contributed by atoms with Gasteiger partial charge in [0.1, 0.15) is 11.6 Å². The van der Waals surface area contributed by atoms with Crippen molar-refractivity contribution < 1.29 is 24.2 Å². The smallest absolute Gasteiger partial charge is 0.408 e. The van der Waals surface area contributed by atoms with Crippen molar-refractivity contribution in [1.82, 2.24) is 15.1 Å². The first-order chi connectivity index (χ1) is 12.6. The Balaban J connectivity index is 2.10. The normalized spacial score (nSPS) is 22.9. The van der Waals surface area contributed by atoms with E-state index in [9.17, 15) is 14.4 Å². The molecule has 1 saturated heterocycles. The predicted octanol–water partition coefficient (Wildman–Crippen LogP) is 2.67. The number of hydrogen-bond acceptors (Lipinski definition) is 4. The van der Waals surface area contributed by atoms with E-state index >= 15 is 0 Å². The average molecular weight is 383 g/mol. The van der Waals surface area contributed by atoms with E-state index in [1.165, 1.54) is 4.90 Å². The van der Waals surface area contributed by atoms with Gasteiger partial charge in [-0.05, 0) is 46.5 Å². The molecular formula is C19H33N3O5. The highest BCUT2D eigenvalue weighted by Gasteiger charge is 2.38. The van der Waals surface area contributed by atoms with Crippen molar-refractivity contribution in [2.24, 2.45) is 5.92 Å². The maximum atomic E-state index is 13.3. The summed E-state index contributed by atoms with van der Waals surface area (Å²) in [4.78, 5) is 39.8. The minimum Gasteiger partial charge on any atom is -0.465 e. The molecule has 154 valence electrons. The first-order valence-corrected chi connectivity index (χ1v) is 9.86. The molecule has 2 fully saturated rings. The molecule has 2 rings (SSSR count). The minimum absolute atomic E-state index is 0.0865. The van der Waals surface area contributed by atoms with Crippen LogP contribution in [0.5, 0.6) is 0 Å². The van der Waals surface area contributed by atoms with Gasteiger partial charge in [0, 0.05) is 25.7 Å². The molecule has 0 aromatic heterocycles. The van der Waals surface area contributed by atoms with E-state index in [0.29, 0.717) is 6.54 Å². The zero-order valence-electron chi connectivity index (χ0n) is 16.9. The monoisotopic (exact) mass is 383 g/mol. The standard InChI is InChI=1S/C19H33N3O5/c1-13-12-21(18(25)26)10-11-22(13)16(23)15(14-8-6-5-7-9-14)20-17(24)27-19(2,3)4/h13-15H,5-12H2,1-4H3,(H,20,24)(H,25,26)/t13-,15?/m1/s1. The lowest BCUT2D eigenvalue weighted by Gasteiger charge is -2.42. The fourth-order valence-corrected chi connectivity index (χ4v) is 3.92. The van der Waals surface area contributed by atoms with E-state index < -0.39 is 23.8 Å². The van der Waals surface area contributed by atoms with Crippen LogP contribution < -0.4 is 5.32 Å². The maximum Gasteiger partial charge on any atom is 0.408 e. The number of carboxylic acid groups (broad SMARTS) is 1. The van der Waals surface area contributed by atoms with Crippen molar-refractivity contribution in [1.29, 1.82) is 0 Å². The van der Waals surface area contributed by atoms with Crippen LogP contribution in [0.3, 0.4) is 0 Å². The molecule has 3 amide bonds. The molecule has 0 bridgehead atoms. The Morgan fingerprint density at radius 1 is 1.11 bits per heavy atom. The maximum absolute atomic E-state index is 13.3. The third-order valence-electron chi connectivity index (χ3n) is 5.24. The summed E-state index contributed by atoms with van der Waals surface area (Å²) in [7, 11) is 0. The van der Waals surface area contributed by atoms with Crippen LogP contribution in [0.2, 0.25) is 0 Å². The van der Waals surface area contributed by atoms with Crippen molar-refractivity contribution in [3.63, 3.8) is 0 Å². The summed E-state index contributed by atoms with van der Waals surface area (Å²) in [5.41, 5.74) is -0.634. The fourth-order valence-electron chi connectivity index (χ4n) is 3.92. The van der Waals surface area contributed by atoms with Crippen molar-refractivity contribution in [3.05, 3.63) is 0 Å². The van der Waals surface area contributed by atoms with Gasteiger partial charge in [-0.15, -0.1) is 0 Å². The van der Waals surface area contributed by atoms with Crippen LogP contribution in [0.25, 0.3) is 0 Å². The molecular weight excluding hydrogens is 350 g/mol. The van der Waals surface area contributed by atoms with Gasteiger partial charge >= 0.3 is 12.2 Å². The molecule has 27 heavy (non-hydrogen) atoms. The lowest BCUT2D eigenvalue weighted by molar-refractivity contribution is -0.139. The van der Waals surface area contributed by atoms with E-state index in [1.807, 2.05) is 6.92 Å². The lowest BCUT2D eigenvalue weighted by atomic mass is 9.83. The highest BCUT2D eigenvalue weighted by Crippen LogP contribution is 2.28. The molecule has 1 heterocycles. The Hall–Kier alpha value is -1.99. The Morgan fingerprint density at radius 3 is 2.26 bits per heavy atom. The quantitative estimate of drug-likeness (QED) is 0.781. The van der Waals surface area contributed by atoms with Gasteiger partial charge in [0.15, 0.2) is 0 Å². The first-order valence-electron chi connectivity index (χ1n) is 9.86. The molecule has 1 aliphatic heterocycles. The van der Waals surface area contributed by atoms with Crippen LogP contribution in [-0.2, 0) is 9.53 Å². The van der Waals surface area contributed by atoms with Gasteiger partial charge in [-0.1, -0.05) is 19.3 Å². The molecule has 0 aromatic rings. The van der Waals surface area contributed by atoms with Gasteiger partial charge in [0.05, 0.1) is 0 Å². The third kappa shape index (κ3) is 6.01. The second-order valence-corrected chi connectivity index (χ2v) is 8.63. The fraction of sp³-hybridized carbons (Fsp3) is 0.842. The molecule has 8 heteroatoms. The van der Waals surface area contributed by atoms with E-state index in [0.717, 1.165) is 32.1 Å². The van der Waals surface area contributed by atoms with E-state index in [4.69, 9.17) is 9.84 Å². The summed E-state index contributed by atoms with van der Waals surface area (Å²) in [5, 5.41) is 12.0. The molecule has 0 spiro atoms. The summed E-state index contributed by atoms with van der Waals surface area (Å²) in [6.07, 6.45) is 3.50. The number of alkyl carbamates (subject to hydrolysis) is 1. The van der Waals surface area contributed by atoms with Gasteiger partial charge in [0.25, 0.3) is 0 Å². The predicted molar refractivity (Wildman–Crippen MR) is 101 cm³/mol. The van der Waals surface area contributed by atoms with Crippen LogP contribution >= 0.6 is 0 Å². The molecule has 1 aliphatic carbocycles. The molecule has 1 unspecified atom stereocenters. The van der Waals surface area contributed by atoms with Crippen molar-refractivity contribution in [2.45, 2.75) is 77.5 Å². The summed E-state index contributed by atoms with van der Waals surface area (Å²) in [6, 6.07) is -0.854. The summed E-state index contributed by atoms with van der Waals surface area (Å²) < 4.78 is 5.37. The first kappa shape index (κ1) is 21.3. The second kappa shape index (κ2) is 8.80. The van der Waals surface area contributed by atoms with Crippen LogP contribution in [0.4, 0.5) is 9.59 Å². The van der Waals surface area contributed by atoms with Crippen LogP contribution in [0.15, 0.2) is 0 Å². The van der Waals surface area contributed by atoms with Gasteiger partial charge < -0.3 is 25.0 Å². The van der Waals surface area contributed by atoms with Gasteiger partial charge in [-0.3, -0.25) is 4.79 Å². The lowest BCUT2D eigenvalue weighted by Crippen LogP contribution is -2.61. The number of ether oxygens (including phenoxy) is 1. The molecule has 8 nitrogen and oxygen atoms in total. The largest absolute Gasteiger partial charge is 0.465 e. The van der Waals surface area contributed by atoms with E-state index in [-0.39, 0.29) is 31.0 Å².